The van der Waals surface area contributed by atoms with Gasteiger partial charge < -0.3 is 5.32 Å². The summed E-state index contributed by atoms with van der Waals surface area (Å²) in [6.45, 7) is 4.40. The molecule has 2 aromatic heterocycles. The van der Waals surface area contributed by atoms with E-state index in [9.17, 15) is 0 Å². The molecule has 0 aromatic carbocycles. The van der Waals surface area contributed by atoms with E-state index in [0.717, 1.165) is 17.8 Å². The quantitative estimate of drug-likeness (QED) is 0.839. The molecular formula is C12H18N4. The lowest BCUT2D eigenvalue weighted by atomic mass is 10.1. The Labute approximate surface area is 95.7 Å². The van der Waals surface area contributed by atoms with Gasteiger partial charge in [0.05, 0.1) is 6.20 Å². The van der Waals surface area contributed by atoms with Crippen LogP contribution >= 0.6 is 0 Å². The van der Waals surface area contributed by atoms with Crippen LogP contribution in [0, 0.1) is 0 Å². The van der Waals surface area contributed by atoms with Crippen molar-refractivity contribution in [2.24, 2.45) is 0 Å². The van der Waals surface area contributed by atoms with Crippen molar-refractivity contribution in [3.8, 4) is 0 Å². The normalized spacial score (nSPS) is 12.9. The molecule has 0 radical (unpaired) electrons. The number of hydrogen-bond acceptors (Lipinski definition) is 3. The fraction of sp³-hybridized carbons (Fsp3) is 0.500. The summed E-state index contributed by atoms with van der Waals surface area (Å²) < 4.78 is 1.84. The van der Waals surface area contributed by atoms with Gasteiger partial charge in [-0.25, -0.2) is 9.50 Å². The van der Waals surface area contributed by atoms with E-state index in [1.807, 2.05) is 16.8 Å². The Morgan fingerprint density at radius 2 is 2.25 bits per heavy atom. The minimum absolute atomic E-state index is 0.499. The molecule has 0 fully saturated rings. The molecule has 1 unspecified atom stereocenters. The molecule has 4 heteroatoms. The summed E-state index contributed by atoms with van der Waals surface area (Å²) >= 11 is 0. The SMILES string of the molecule is CCCC(CC)Nc1nccn2nccc12. The molecule has 0 aliphatic rings. The molecule has 2 aromatic rings. The van der Waals surface area contributed by atoms with Crippen molar-refractivity contribution in [1.29, 1.82) is 0 Å². The number of rotatable bonds is 5. The van der Waals surface area contributed by atoms with Crippen molar-refractivity contribution in [3.63, 3.8) is 0 Å². The van der Waals surface area contributed by atoms with Crippen LogP contribution < -0.4 is 5.32 Å². The first-order valence-electron chi connectivity index (χ1n) is 5.90. The van der Waals surface area contributed by atoms with Crippen molar-refractivity contribution < 1.29 is 0 Å². The molecule has 0 aliphatic carbocycles. The van der Waals surface area contributed by atoms with Crippen molar-refractivity contribution in [2.75, 3.05) is 5.32 Å². The molecule has 16 heavy (non-hydrogen) atoms. The van der Waals surface area contributed by atoms with Crippen LogP contribution in [0.5, 0.6) is 0 Å². The highest BCUT2D eigenvalue weighted by Crippen LogP contribution is 2.16. The fourth-order valence-corrected chi connectivity index (χ4v) is 1.89. The summed E-state index contributed by atoms with van der Waals surface area (Å²) in [6.07, 6.45) is 8.91. The second-order valence-corrected chi connectivity index (χ2v) is 3.98. The molecule has 0 saturated carbocycles. The molecule has 1 atom stereocenters. The smallest absolute Gasteiger partial charge is 0.152 e. The van der Waals surface area contributed by atoms with E-state index in [2.05, 4.69) is 29.2 Å². The first-order valence-corrected chi connectivity index (χ1v) is 5.90. The maximum absolute atomic E-state index is 4.38. The van der Waals surface area contributed by atoms with E-state index in [4.69, 9.17) is 0 Å². The van der Waals surface area contributed by atoms with Gasteiger partial charge in [-0.1, -0.05) is 20.3 Å². The number of fused-ring (bicyclic) bond motifs is 1. The molecule has 0 aliphatic heterocycles. The minimum Gasteiger partial charge on any atom is -0.366 e. The Morgan fingerprint density at radius 3 is 3.00 bits per heavy atom. The summed E-state index contributed by atoms with van der Waals surface area (Å²) in [4.78, 5) is 4.38. The lowest BCUT2D eigenvalue weighted by molar-refractivity contribution is 0.620. The molecule has 2 rings (SSSR count). The Kier molecular flexibility index (Phi) is 3.39. The van der Waals surface area contributed by atoms with Crippen LogP contribution in [0.15, 0.2) is 24.7 Å². The van der Waals surface area contributed by atoms with Crippen LogP contribution in [0.25, 0.3) is 5.52 Å². The summed E-state index contributed by atoms with van der Waals surface area (Å²) in [5.74, 6) is 0.931. The summed E-state index contributed by atoms with van der Waals surface area (Å²) in [5, 5.41) is 7.68. The van der Waals surface area contributed by atoms with Crippen LogP contribution in [-0.2, 0) is 0 Å². The Hall–Kier alpha value is -1.58. The second-order valence-electron chi connectivity index (χ2n) is 3.98. The predicted molar refractivity (Wildman–Crippen MR) is 65.6 cm³/mol. The van der Waals surface area contributed by atoms with Gasteiger partial charge in [0.2, 0.25) is 0 Å². The number of aromatic nitrogens is 3. The molecular weight excluding hydrogens is 200 g/mol. The second kappa shape index (κ2) is 4.96. The molecule has 0 amide bonds. The van der Waals surface area contributed by atoms with Gasteiger partial charge in [0, 0.05) is 18.4 Å². The standard InChI is InChI=1S/C12H18N4/c1-3-5-10(4-2)15-12-11-6-7-14-16(11)9-8-13-12/h6-10H,3-5H2,1-2H3,(H,13,15). The van der Waals surface area contributed by atoms with Crippen molar-refractivity contribution in [3.05, 3.63) is 24.7 Å². The number of nitrogens with zero attached hydrogens (tertiary/aromatic N) is 3. The van der Waals surface area contributed by atoms with Gasteiger partial charge in [0.1, 0.15) is 5.52 Å². The van der Waals surface area contributed by atoms with Gasteiger partial charge in [0.15, 0.2) is 5.82 Å². The lowest BCUT2D eigenvalue weighted by Crippen LogP contribution is -2.19. The van der Waals surface area contributed by atoms with E-state index < -0.39 is 0 Å². The van der Waals surface area contributed by atoms with Crippen molar-refractivity contribution >= 4 is 11.3 Å². The van der Waals surface area contributed by atoms with Gasteiger partial charge in [0.25, 0.3) is 0 Å². The van der Waals surface area contributed by atoms with Gasteiger partial charge in [-0.2, -0.15) is 5.10 Å². The van der Waals surface area contributed by atoms with E-state index in [0.29, 0.717) is 6.04 Å². The summed E-state index contributed by atoms with van der Waals surface area (Å²) in [6, 6.07) is 2.48. The van der Waals surface area contributed by atoms with E-state index in [-0.39, 0.29) is 0 Å². The zero-order chi connectivity index (χ0) is 11.4. The zero-order valence-corrected chi connectivity index (χ0v) is 9.85. The third kappa shape index (κ3) is 2.15. The van der Waals surface area contributed by atoms with E-state index >= 15 is 0 Å². The van der Waals surface area contributed by atoms with Gasteiger partial charge in [-0.05, 0) is 18.9 Å². The average molecular weight is 218 g/mol. The van der Waals surface area contributed by atoms with Crippen LogP contribution in [0.4, 0.5) is 5.82 Å². The topological polar surface area (TPSA) is 42.2 Å². The number of hydrogen-bond donors (Lipinski definition) is 1. The fourth-order valence-electron chi connectivity index (χ4n) is 1.89. The number of nitrogens with one attached hydrogen (secondary N) is 1. The van der Waals surface area contributed by atoms with Gasteiger partial charge in [-0.3, -0.25) is 0 Å². The third-order valence-electron chi connectivity index (χ3n) is 2.80. The van der Waals surface area contributed by atoms with Crippen LogP contribution in [0.2, 0.25) is 0 Å². The van der Waals surface area contributed by atoms with Crippen LogP contribution in [0.3, 0.4) is 0 Å². The first kappa shape index (κ1) is 10.9. The average Bonchev–Trinajstić information content (AvgIpc) is 2.77. The van der Waals surface area contributed by atoms with Gasteiger partial charge in [-0.15, -0.1) is 0 Å². The number of anilines is 1. The minimum atomic E-state index is 0.499. The lowest BCUT2D eigenvalue weighted by Gasteiger charge is -2.17. The molecule has 4 nitrogen and oxygen atoms in total. The highest BCUT2D eigenvalue weighted by Gasteiger charge is 2.08. The molecule has 0 spiro atoms. The van der Waals surface area contributed by atoms with Crippen molar-refractivity contribution in [2.45, 2.75) is 39.2 Å². The Balaban J connectivity index is 2.22. The van der Waals surface area contributed by atoms with Crippen LogP contribution in [-0.4, -0.2) is 20.6 Å². The maximum Gasteiger partial charge on any atom is 0.152 e. The Bertz CT molecular complexity index is 449. The predicted octanol–water partition coefficient (Wildman–Crippen LogP) is 2.72. The molecule has 1 N–H and O–H groups in total. The summed E-state index contributed by atoms with van der Waals surface area (Å²) in [5.41, 5.74) is 1.04. The van der Waals surface area contributed by atoms with E-state index in [1.165, 1.54) is 12.8 Å². The van der Waals surface area contributed by atoms with Gasteiger partial charge >= 0.3 is 0 Å². The monoisotopic (exact) mass is 218 g/mol. The molecule has 86 valence electrons. The molecule has 0 bridgehead atoms. The molecule has 0 saturated heterocycles. The van der Waals surface area contributed by atoms with Crippen molar-refractivity contribution in [1.82, 2.24) is 14.6 Å². The maximum atomic E-state index is 4.38. The van der Waals surface area contributed by atoms with Crippen LogP contribution in [0.1, 0.15) is 33.1 Å². The Morgan fingerprint density at radius 1 is 1.38 bits per heavy atom. The van der Waals surface area contributed by atoms with E-state index in [1.54, 1.807) is 12.4 Å². The first-order chi connectivity index (χ1) is 7.85. The molecule has 2 heterocycles. The largest absolute Gasteiger partial charge is 0.366 e. The highest BCUT2D eigenvalue weighted by molar-refractivity contribution is 5.66. The third-order valence-corrected chi connectivity index (χ3v) is 2.80. The zero-order valence-electron chi connectivity index (χ0n) is 9.85. The highest BCUT2D eigenvalue weighted by atomic mass is 15.2. The summed E-state index contributed by atoms with van der Waals surface area (Å²) in [7, 11) is 0.